The Balaban J connectivity index is 0.00000105. The van der Waals surface area contributed by atoms with Gasteiger partial charge in [-0.05, 0) is 24.7 Å². The number of rotatable bonds is 8. The zero-order valence-corrected chi connectivity index (χ0v) is 15.5. The van der Waals surface area contributed by atoms with Gasteiger partial charge in [0, 0.05) is 37.6 Å². The van der Waals surface area contributed by atoms with Gasteiger partial charge in [0.05, 0.1) is 5.75 Å². The van der Waals surface area contributed by atoms with Crippen LogP contribution in [0.25, 0.3) is 0 Å². The van der Waals surface area contributed by atoms with E-state index in [4.69, 9.17) is 24.9 Å². The van der Waals surface area contributed by atoms with E-state index in [1.54, 1.807) is 24.5 Å². The second-order valence-electron chi connectivity index (χ2n) is 4.92. The molecule has 0 unspecified atom stereocenters. The first-order chi connectivity index (χ1) is 13.0. The number of nitrogens with one attached hydrogen (secondary N) is 1. The molecule has 0 saturated carbocycles. The third-order valence-corrected chi connectivity index (χ3v) is 4.27. The molecule has 1 aromatic rings. The van der Waals surface area contributed by atoms with Crippen molar-refractivity contribution in [3.05, 3.63) is 42.2 Å². The maximum Gasteiger partial charge on any atom is 0.414 e. The van der Waals surface area contributed by atoms with E-state index in [0.717, 1.165) is 11.6 Å². The van der Waals surface area contributed by atoms with Crippen LogP contribution in [0.5, 0.6) is 0 Å². The topological polar surface area (TPSA) is 191 Å². The van der Waals surface area contributed by atoms with Crippen LogP contribution >= 0.6 is 0 Å². The van der Waals surface area contributed by atoms with Crippen molar-refractivity contribution in [3.63, 3.8) is 0 Å². The molecule has 1 rings (SSSR count). The Labute approximate surface area is 160 Å². The minimum Gasteiger partial charge on any atom is -0.478 e. The number of carbonyl (C=O) groups is 4. The smallest absolute Gasteiger partial charge is 0.414 e. The Morgan fingerprint density at radius 2 is 1.61 bits per heavy atom. The average molecular weight is 417 g/mol. The van der Waals surface area contributed by atoms with Crippen molar-refractivity contribution < 1.29 is 42.9 Å². The number of hydrogen-bond donors (Lipinski definition) is 4. The molecule has 0 bridgehead atoms. The minimum absolute atomic E-state index is 0.0612. The number of aliphatic carboxylic acids is 3. The molecular weight excluding hydrogens is 398 g/mol. The van der Waals surface area contributed by atoms with Gasteiger partial charge in [-0.25, -0.2) is 27.5 Å². The Morgan fingerprint density at radius 1 is 1.07 bits per heavy atom. The Hall–Kier alpha value is -3.32. The molecular formula is C15H19N3O9S. The van der Waals surface area contributed by atoms with E-state index >= 15 is 0 Å². The molecule has 1 aromatic heterocycles. The molecule has 13 heteroatoms. The fourth-order valence-electron chi connectivity index (χ4n) is 1.56. The lowest BCUT2D eigenvalue weighted by Gasteiger charge is -2.21. The summed E-state index contributed by atoms with van der Waals surface area (Å²) in [5.41, 5.74) is 0.758. The molecule has 0 aromatic carbocycles. The van der Waals surface area contributed by atoms with Crippen molar-refractivity contribution in [1.82, 2.24) is 14.6 Å². The maximum absolute atomic E-state index is 12.0. The van der Waals surface area contributed by atoms with E-state index in [9.17, 15) is 18.0 Å². The predicted octanol–water partition coefficient (Wildman–Crippen LogP) is -1.24. The first-order valence-corrected chi connectivity index (χ1v) is 9.10. The normalized spacial score (nSPS) is 10.6. The van der Waals surface area contributed by atoms with Crippen molar-refractivity contribution in [3.8, 4) is 0 Å². The summed E-state index contributed by atoms with van der Waals surface area (Å²) < 4.78 is 25.1. The number of amides is 1. The third kappa shape index (κ3) is 11.3. The summed E-state index contributed by atoms with van der Waals surface area (Å²) >= 11 is 0. The number of aromatic nitrogens is 1. The van der Waals surface area contributed by atoms with Gasteiger partial charge < -0.3 is 20.2 Å². The molecule has 1 heterocycles. The van der Waals surface area contributed by atoms with Gasteiger partial charge >= 0.3 is 17.9 Å². The van der Waals surface area contributed by atoms with Gasteiger partial charge in [0.15, 0.2) is 0 Å². The number of hydrogen-bond acceptors (Lipinski definition) is 7. The number of carboxylic acids is 3. The van der Waals surface area contributed by atoms with E-state index in [1.807, 2.05) is 0 Å². The Bertz CT molecular complexity index is 810. The SMILES string of the molecule is CNS(=O)(=O)CCN(Cc1ccncc1)C(=O)/C=C/C(=O)O.O=C(O)C(=O)O. The number of carbonyl (C=O) groups excluding carboxylic acids is 1. The molecule has 0 aliphatic heterocycles. The lowest BCUT2D eigenvalue weighted by molar-refractivity contribution is -0.159. The second-order valence-corrected chi connectivity index (χ2v) is 6.97. The highest BCUT2D eigenvalue weighted by molar-refractivity contribution is 7.89. The van der Waals surface area contributed by atoms with E-state index in [-0.39, 0.29) is 18.8 Å². The molecule has 1 amide bonds. The second kappa shape index (κ2) is 12.1. The highest BCUT2D eigenvalue weighted by atomic mass is 32.2. The van der Waals surface area contributed by atoms with Crippen LogP contribution in [0, 0.1) is 0 Å². The van der Waals surface area contributed by atoms with E-state index in [1.165, 1.54) is 11.9 Å². The summed E-state index contributed by atoms with van der Waals surface area (Å²) in [5.74, 6) is -5.75. The zero-order chi connectivity index (χ0) is 21.7. The van der Waals surface area contributed by atoms with Gasteiger partial charge in [-0.3, -0.25) is 9.78 Å². The monoisotopic (exact) mass is 417 g/mol. The zero-order valence-electron chi connectivity index (χ0n) is 14.7. The molecule has 154 valence electrons. The molecule has 0 radical (unpaired) electrons. The molecule has 0 fully saturated rings. The summed E-state index contributed by atoms with van der Waals surface area (Å²) in [7, 11) is -2.18. The summed E-state index contributed by atoms with van der Waals surface area (Å²) in [5, 5.41) is 23.3. The molecule has 0 saturated heterocycles. The predicted molar refractivity (Wildman–Crippen MR) is 94.5 cm³/mol. The van der Waals surface area contributed by atoms with Crippen molar-refractivity contribution in [1.29, 1.82) is 0 Å². The first kappa shape index (κ1) is 24.7. The fourth-order valence-corrected chi connectivity index (χ4v) is 2.22. The van der Waals surface area contributed by atoms with Crippen molar-refractivity contribution in [2.24, 2.45) is 0 Å². The van der Waals surface area contributed by atoms with Crippen LogP contribution in [-0.2, 0) is 35.7 Å². The van der Waals surface area contributed by atoms with Crippen LogP contribution in [0.1, 0.15) is 5.56 Å². The molecule has 0 atom stereocenters. The van der Waals surface area contributed by atoms with E-state index < -0.39 is 33.8 Å². The Kier molecular flexibility index (Phi) is 10.7. The van der Waals surface area contributed by atoms with Crippen molar-refractivity contribution in [2.75, 3.05) is 19.3 Å². The lowest BCUT2D eigenvalue weighted by Crippen LogP contribution is -2.36. The standard InChI is InChI=1S/C13H17N3O5S.C2H2O4/c1-14-22(20,21)9-8-16(12(17)2-3-13(18)19)10-11-4-6-15-7-5-11;3-1(4)2(5)6/h2-7,14H,8-10H2,1H3,(H,18,19);(H,3,4)(H,5,6)/b3-2+;. The maximum atomic E-state index is 12.0. The van der Waals surface area contributed by atoms with E-state index in [0.29, 0.717) is 6.08 Å². The minimum atomic E-state index is -3.47. The summed E-state index contributed by atoms with van der Waals surface area (Å²) in [6.45, 7) is 0.0961. The average Bonchev–Trinajstić information content (AvgIpc) is 2.64. The molecule has 4 N–H and O–H groups in total. The van der Waals surface area contributed by atoms with E-state index in [2.05, 4.69) is 9.71 Å². The van der Waals surface area contributed by atoms with Crippen molar-refractivity contribution >= 4 is 33.8 Å². The number of sulfonamides is 1. The van der Waals surface area contributed by atoms with Crippen LogP contribution in [0.15, 0.2) is 36.7 Å². The van der Waals surface area contributed by atoms with Gasteiger partial charge in [0.1, 0.15) is 0 Å². The third-order valence-electron chi connectivity index (χ3n) is 2.93. The molecule has 28 heavy (non-hydrogen) atoms. The highest BCUT2D eigenvalue weighted by Crippen LogP contribution is 2.05. The largest absolute Gasteiger partial charge is 0.478 e. The van der Waals surface area contributed by atoms with Crippen LogP contribution in [0.4, 0.5) is 0 Å². The molecule has 0 spiro atoms. The number of carboxylic acid groups (broad SMARTS) is 3. The number of pyridine rings is 1. The Morgan fingerprint density at radius 3 is 2.04 bits per heavy atom. The van der Waals surface area contributed by atoms with Crippen LogP contribution in [0.3, 0.4) is 0 Å². The van der Waals surface area contributed by atoms with Gasteiger partial charge in [0.2, 0.25) is 15.9 Å². The van der Waals surface area contributed by atoms with Gasteiger partial charge in [-0.15, -0.1) is 0 Å². The quantitative estimate of drug-likeness (QED) is 0.294. The van der Waals surface area contributed by atoms with Crippen LogP contribution in [-0.4, -0.2) is 76.8 Å². The fraction of sp³-hybridized carbons (Fsp3) is 0.267. The molecule has 0 aliphatic rings. The summed E-state index contributed by atoms with van der Waals surface area (Å²) in [6, 6.07) is 3.38. The van der Waals surface area contributed by atoms with Gasteiger partial charge in [-0.1, -0.05) is 0 Å². The summed E-state index contributed by atoms with van der Waals surface area (Å²) in [4.78, 5) is 45.8. The highest BCUT2D eigenvalue weighted by Gasteiger charge is 2.16. The first-order valence-electron chi connectivity index (χ1n) is 7.44. The van der Waals surface area contributed by atoms with Crippen LogP contribution in [0.2, 0.25) is 0 Å². The van der Waals surface area contributed by atoms with Gasteiger partial charge in [-0.2, -0.15) is 0 Å². The summed E-state index contributed by atoms with van der Waals surface area (Å²) in [6.07, 6.45) is 4.72. The molecule has 12 nitrogen and oxygen atoms in total. The number of nitrogens with zero attached hydrogens (tertiary/aromatic N) is 2. The van der Waals surface area contributed by atoms with Crippen molar-refractivity contribution in [2.45, 2.75) is 6.54 Å². The molecule has 0 aliphatic carbocycles. The lowest BCUT2D eigenvalue weighted by atomic mass is 10.2. The van der Waals surface area contributed by atoms with Crippen LogP contribution < -0.4 is 4.72 Å². The van der Waals surface area contributed by atoms with Gasteiger partial charge in [0.25, 0.3) is 0 Å².